The first-order valence-electron chi connectivity index (χ1n) is 22.3. The summed E-state index contributed by atoms with van der Waals surface area (Å²) in [4.78, 5) is 25.8. The van der Waals surface area contributed by atoms with Crippen molar-refractivity contribution < 1.29 is 24.5 Å². The molecule has 0 saturated heterocycles. The number of nitrogens with one attached hydrogen (secondary N) is 1. The van der Waals surface area contributed by atoms with Gasteiger partial charge in [-0.1, -0.05) is 207 Å². The van der Waals surface area contributed by atoms with E-state index in [9.17, 15) is 19.8 Å². The Labute approximate surface area is 311 Å². The van der Waals surface area contributed by atoms with Crippen LogP contribution in [0.3, 0.4) is 0 Å². The van der Waals surface area contributed by atoms with Crippen LogP contribution in [0.1, 0.15) is 245 Å². The predicted molar refractivity (Wildman–Crippen MR) is 214 cm³/mol. The van der Waals surface area contributed by atoms with Crippen LogP contribution in [0, 0.1) is 0 Å². The highest BCUT2D eigenvalue weighted by atomic mass is 16.5. The van der Waals surface area contributed by atoms with Crippen molar-refractivity contribution in [3.05, 3.63) is 0 Å². The fourth-order valence-corrected chi connectivity index (χ4v) is 7.02. The SMILES string of the molecule is CCCCCCCCCCCCCCCC(O)C(CO)NC(=O)CC(CCCCCCCCCC)OC(=O)CCCCCCCCCCCC. The second-order valence-electron chi connectivity index (χ2n) is 15.5. The Bertz CT molecular complexity index is 717. The van der Waals surface area contributed by atoms with Crippen LogP contribution >= 0.6 is 0 Å². The van der Waals surface area contributed by atoms with Crippen LogP contribution in [0.5, 0.6) is 0 Å². The van der Waals surface area contributed by atoms with E-state index >= 15 is 0 Å². The number of hydrogen-bond donors (Lipinski definition) is 3. The maximum atomic E-state index is 13.1. The van der Waals surface area contributed by atoms with Gasteiger partial charge >= 0.3 is 5.97 Å². The molecular weight excluding hydrogens is 622 g/mol. The Hall–Kier alpha value is -1.14. The Balaban J connectivity index is 4.45. The molecule has 0 radical (unpaired) electrons. The molecule has 0 rings (SSSR count). The lowest BCUT2D eigenvalue weighted by atomic mass is 10.0. The first kappa shape index (κ1) is 48.9. The van der Waals surface area contributed by atoms with Crippen LogP contribution in [0.4, 0.5) is 0 Å². The molecule has 298 valence electrons. The fraction of sp³-hybridized carbons (Fsp3) is 0.955. The molecule has 0 aromatic carbocycles. The third-order valence-corrected chi connectivity index (χ3v) is 10.4. The Morgan fingerprint density at radius 3 is 1.22 bits per heavy atom. The number of ether oxygens (including phenoxy) is 1. The fourth-order valence-electron chi connectivity index (χ4n) is 7.02. The van der Waals surface area contributed by atoms with Crippen LogP contribution in [0.15, 0.2) is 0 Å². The number of aliphatic hydroxyl groups excluding tert-OH is 2. The van der Waals surface area contributed by atoms with Crippen LogP contribution in [0.2, 0.25) is 0 Å². The number of unbranched alkanes of at least 4 members (excludes halogenated alkanes) is 28. The minimum atomic E-state index is -0.776. The molecule has 0 aromatic rings. The normalized spacial score (nSPS) is 13.3. The largest absolute Gasteiger partial charge is 0.462 e. The smallest absolute Gasteiger partial charge is 0.306 e. The zero-order valence-electron chi connectivity index (χ0n) is 33.8. The van der Waals surface area contributed by atoms with Gasteiger partial charge in [-0.05, 0) is 25.7 Å². The van der Waals surface area contributed by atoms with Gasteiger partial charge in [0.05, 0.1) is 25.2 Å². The zero-order valence-corrected chi connectivity index (χ0v) is 33.8. The molecule has 0 aromatic heterocycles. The number of amides is 1. The second-order valence-corrected chi connectivity index (χ2v) is 15.5. The number of rotatable bonds is 40. The maximum absolute atomic E-state index is 13.1. The number of hydrogen-bond acceptors (Lipinski definition) is 5. The second kappa shape index (κ2) is 39.1. The van der Waals surface area contributed by atoms with E-state index in [0.29, 0.717) is 19.3 Å². The van der Waals surface area contributed by atoms with E-state index in [1.807, 2.05) is 0 Å². The first-order valence-corrected chi connectivity index (χ1v) is 22.3. The number of esters is 1. The number of carbonyl (C=O) groups is 2. The van der Waals surface area contributed by atoms with E-state index in [4.69, 9.17) is 4.74 Å². The monoisotopic (exact) mass is 710 g/mol. The molecule has 3 atom stereocenters. The zero-order chi connectivity index (χ0) is 36.8. The van der Waals surface area contributed by atoms with Gasteiger partial charge in [-0.3, -0.25) is 9.59 Å². The molecule has 6 heteroatoms. The van der Waals surface area contributed by atoms with Crippen molar-refractivity contribution >= 4 is 11.9 Å². The highest BCUT2D eigenvalue weighted by Gasteiger charge is 2.24. The predicted octanol–water partition coefficient (Wildman–Crippen LogP) is 12.4. The number of carbonyl (C=O) groups excluding carboxylic acids is 2. The highest BCUT2D eigenvalue weighted by molar-refractivity contribution is 5.77. The topological polar surface area (TPSA) is 95.9 Å². The quantitative estimate of drug-likeness (QED) is 0.0435. The summed E-state index contributed by atoms with van der Waals surface area (Å²) >= 11 is 0. The van der Waals surface area contributed by atoms with Crippen LogP contribution in [0.25, 0.3) is 0 Å². The van der Waals surface area contributed by atoms with Gasteiger partial charge in [-0.15, -0.1) is 0 Å². The molecule has 50 heavy (non-hydrogen) atoms. The van der Waals surface area contributed by atoms with Gasteiger partial charge in [-0.25, -0.2) is 0 Å². The summed E-state index contributed by atoms with van der Waals surface area (Å²) in [6.07, 6.45) is 38.8. The third kappa shape index (κ3) is 34.0. The van der Waals surface area contributed by atoms with Crippen molar-refractivity contribution in [2.45, 2.75) is 264 Å². The van der Waals surface area contributed by atoms with Crippen LogP contribution in [-0.4, -0.2) is 46.9 Å². The first-order chi connectivity index (χ1) is 24.5. The van der Waals surface area contributed by atoms with Crippen LogP contribution < -0.4 is 5.32 Å². The van der Waals surface area contributed by atoms with E-state index in [-0.39, 0.29) is 24.9 Å². The molecular formula is C44H87NO5. The summed E-state index contributed by atoms with van der Waals surface area (Å²) in [6.45, 7) is 6.45. The van der Waals surface area contributed by atoms with E-state index in [2.05, 4.69) is 26.1 Å². The lowest BCUT2D eigenvalue weighted by Gasteiger charge is -2.24. The number of aliphatic hydroxyl groups is 2. The van der Waals surface area contributed by atoms with Crippen molar-refractivity contribution in [2.75, 3.05) is 6.61 Å². The molecule has 0 heterocycles. The minimum absolute atomic E-state index is 0.0855. The van der Waals surface area contributed by atoms with Gasteiger partial charge in [0.25, 0.3) is 0 Å². The van der Waals surface area contributed by atoms with Crippen molar-refractivity contribution in [3.63, 3.8) is 0 Å². The van der Waals surface area contributed by atoms with Crippen molar-refractivity contribution in [3.8, 4) is 0 Å². The van der Waals surface area contributed by atoms with E-state index in [0.717, 1.165) is 44.9 Å². The third-order valence-electron chi connectivity index (χ3n) is 10.4. The molecule has 0 aliphatic carbocycles. The van der Waals surface area contributed by atoms with Gasteiger partial charge in [0.15, 0.2) is 0 Å². The van der Waals surface area contributed by atoms with E-state index < -0.39 is 18.2 Å². The van der Waals surface area contributed by atoms with Crippen molar-refractivity contribution in [2.24, 2.45) is 0 Å². The highest BCUT2D eigenvalue weighted by Crippen LogP contribution is 2.18. The average Bonchev–Trinajstić information content (AvgIpc) is 3.10. The Morgan fingerprint density at radius 1 is 0.500 bits per heavy atom. The van der Waals surface area contributed by atoms with Gasteiger partial charge in [-0.2, -0.15) is 0 Å². The van der Waals surface area contributed by atoms with E-state index in [1.165, 1.54) is 154 Å². The lowest BCUT2D eigenvalue weighted by Crippen LogP contribution is -2.46. The molecule has 0 fully saturated rings. The summed E-state index contributed by atoms with van der Waals surface area (Å²) in [6, 6.07) is -0.689. The average molecular weight is 710 g/mol. The van der Waals surface area contributed by atoms with Crippen molar-refractivity contribution in [1.29, 1.82) is 0 Å². The van der Waals surface area contributed by atoms with E-state index in [1.54, 1.807) is 0 Å². The molecule has 0 bridgehead atoms. The molecule has 3 N–H and O–H groups in total. The van der Waals surface area contributed by atoms with Gasteiger partial charge in [0.1, 0.15) is 6.10 Å². The minimum Gasteiger partial charge on any atom is -0.462 e. The molecule has 0 saturated carbocycles. The standard InChI is InChI=1S/C44H87NO5/c1-4-7-10-13-16-19-21-22-23-24-27-30-33-36-42(47)41(39-46)45-43(48)38-40(35-32-29-26-18-15-12-9-6-3)50-44(49)37-34-31-28-25-20-17-14-11-8-5-2/h40-42,46-47H,4-39H2,1-3H3,(H,45,48). The molecule has 6 nitrogen and oxygen atoms in total. The maximum Gasteiger partial charge on any atom is 0.306 e. The van der Waals surface area contributed by atoms with Gasteiger partial charge in [0, 0.05) is 6.42 Å². The summed E-state index contributed by atoms with van der Waals surface area (Å²) in [5, 5.41) is 23.6. The molecule has 0 aliphatic rings. The lowest BCUT2D eigenvalue weighted by molar-refractivity contribution is -0.151. The Morgan fingerprint density at radius 2 is 0.840 bits per heavy atom. The summed E-state index contributed by atoms with van der Waals surface area (Å²) in [7, 11) is 0. The summed E-state index contributed by atoms with van der Waals surface area (Å²) in [5.74, 6) is -0.465. The van der Waals surface area contributed by atoms with Crippen molar-refractivity contribution in [1.82, 2.24) is 5.32 Å². The Kier molecular flexibility index (Phi) is 38.2. The van der Waals surface area contributed by atoms with Gasteiger partial charge < -0.3 is 20.3 Å². The summed E-state index contributed by atoms with van der Waals surface area (Å²) < 4.78 is 5.87. The molecule has 0 aliphatic heterocycles. The molecule has 0 spiro atoms. The van der Waals surface area contributed by atoms with Crippen LogP contribution in [-0.2, 0) is 14.3 Å². The van der Waals surface area contributed by atoms with Gasteiger partial charge in [0.2, 0.25) is 5.91 Å². The molecule has 3 unspecified atom stereocenters. The summed E-state index contributed by atoms with van der Waals surface area (Å²) in [5.41, 5.74) is 0. The molecule has 1 amide bonds.